The molecule has 1 saturated heterocycles. The standard InChI is InChI=1S/C15H19NO4/c17-14(18)9-12-3-1-2-4-13(12)10-16-15(19)11-5-7-20-8-6-11/h1-4,11H,5-10H2,(H,16,19)(H,17,18). The van der Waals surface area contributed by atoms with Gasteiger partial charge in [0.15, 0.2) is 0 Å². The Balaban J connectivity index is 1.92. The Labute approximate surface area is 117 Å². The second-order valence-electron chi connectivity index (χ2n) is 4.94. The summed E-state index contributed by atoms with van der Waals surface area (Å²) < 4.78 is 5.23. The Morgan fingerprint density at radius 3 is 2.50 bits per heavy atom. The summed E-state index contributed by atoms with van der Waals surface area (Å²) in [4.78, 5) is 22.8. The molecule has 20 heavy (non-hydrogen) atoms. The normalized spacial score (nSPS) is 15.8. The van der Waals surface area contributed by atoms with Crippen LogP contribution in [0.15, 0.2) is 24.3 Å². The fourth-order valence-electron chi connectivity index (χ4n) is 2.35. The van der Waals surface area contributed by atoms with Gasteiger partial charge in [-0.3, -0.25) is 9.59 Å². The van der Waals surface area contributed by atoms with E-state index in [9.17, 15) is 9.59 Å². The zero-order valence-electron chi connectivity index (χ0n) is 11.3. The molecule has 0 atom stereocenters. The van der Waals surface area contributed by atoms with Gasteiger partial charge in [-0.15, -0.1) is 0 Å². The molecule has 0 aromatic heterocycles. The van der Waals surface area contributed by atoms with Gasteiger partial charge in [0.2, 0.25) is 5.91 Å². The Bertz CT molecular complexity index is 481. The summed E-state index contributed by atoms with van der Waals surface area (Å²) in [6.07, 6.45) is 1.48. The lowest BCUT2D eigenvalue weighted by Gasteiger charge is -2.21. The van der Waals surface area contributed by atoms with Crippen LogP contribution in [-0.2, 0) is 27.3 Å². The van der Waals surface area contributed by atoms with E-state index in [0.717, 1.165) is 24.0 Å². The van der Waals surface area contributed by atoms with Crippen molar-refractivity contribution in [1.29, 1.82) is 0 Å². The van der Waals surface area contributed by atoms with Crippen LogP contribution in [0.1, 0.15) is 24.0 Å². The van der Waals surface area contributed by atoms with Gasteiger partial charge in [0.05, 0.1) is 6.42 Å². The molecule has 2 N–H and O–H groups in total. The quantitative estimate of drug-likeness (QED) is 0.852. The number of aliphatic carboxylic acids is 1. The van der Waals surface area contributed by atoms with Crippen LogP contribution in [0, 0.1) is 5.92 Å². The average Bonchev–Trinajstić information content (AvgIpc) is 2.46. The highest BCUT2D eigenvalue weighted by Crippen LogP contribution is 2.15. The molecule has 0 spiro atoms. The Kier molecular flexibility index (Phi) is 5.12. The SMILES string of the molecule is O=C(O)Cc1ccccc1CNC(=O)C1CCOCC1. The van der Waals surface area contributed by atoms with Gasteiger partial charge in [-0.05, 0) is 24.0 Å². The number of ether oxygens (including phenoxy) is 1. The van der Waals surface area contributed by atoms with E-state index in [1.807, 2.05) is 18.2 Å². The smallest absolute Gasteiger partial charge is 0.307 e. The third-order valence-corrected chi connectivity index (χ3v) is 3.51. The van der Waals surface area contributed by atoms with Gasteiger partial charge in [0, 0.05) is 25.7 Å². The van der Waals surface area contributed by atoms with Crippen molar-refractivity contribution in [3.8, 4) is 0 Å². The number of hydrogen-bond donors (Lipinski definition) is 2. The molecule has 5 heteroatoms. The first-order valence-electron chi connectivity index (χ1n) is 6.81. The van der Waals surface area contributed by atoms with Crippen molar-refractivity contribution in [2.24, 2.45) is 5.92 Å². The predicted molar refractivity (Wildman–Crippen MR) is 73.2 cm³/mol. The third-order valence-electron chi connectivity index (χ3n) is 3.51. The number of carbonyl (C=O) groups is 2. The lowest BCUT2D eigenvalue weighted by Crippen LogP contribution is -2.34. The Morgan fingerprint density at radius 1 is 1.20 bits per heavy atom. The number of nitrogens with one attached hydrogen (secondary N) is 1. The molecule has 1 aliphatic heterocycles. The molecule has 1 fully saturated rings. The zero-order chi connectivity index (χ0) is 14.4. The molecule has 0 radical (unpaired) electrons. The van der Waals surface area contributed by atoms with E-state index in [1.54, 1.807) is 6.07 Å². The number of hydrogen-bond acceptors (Lipinski definition) is 3. The first-order valence-corrected chi connectivity index (χ1v) is 6.81. The summed E-state index contributed by atoms with van der Waals surface area (Å²) in [6.45, 7) is 1.64. The van der Waals surface area contributed by atoms with Gasteiger partial charge in [0.25, 0.3) is 0 Å². The van der Waals surface area contributed by atoms with Crippen molar-refractivity contribution >= 4 is 11.9 Å². The maximum absolute atomic E-state index is 12.0. The monoisotopic (exact) mass is 277 g/mol. The van der Waals surface area contributed by atoms with Crippen LogP contribution in [0.4, 0.5) is 0 Å². The summed E-state index contributed by atoms with van der Waals surface area (Å²) in [6, 6.07) is 7.29. The molecule has 0 bridgehead atoms. The van der Waals surface area contributed by atoms with E-state index in [2.05, 4.69) is 5.32 Å². The van der Waals surface area contributed by atoms with Crippen LogP contribution >= 0.6 is 0 Å². The maximum Gasteiger partial charge on any atom is 0.307 e. The first-order chi connectivity index (χ1) is 9.66. The molecular weight excluding hydrogens is 258 g/mol. The van der Waals surface area contributed by atoms with Crippen LogP contribution in [0.5, 0.6) is 0 Å². The maximum atomic E-state index is 12.0. The largest absolute Gasteiger partial charge is 0.481 e. The number of amides is 1. The molecular formula is C15H19NO4. The predicted octanol–water partition coefficient (Wildman–Crippen LogP) is 1.36. The minimum absolute atomic E-state index is 0.00962. The van der Waals surface area contributed by atoms with Crippen LogP contribution < -0.4 is 5.32 Å². The third kappa shape index (κ3) is 4.06. The van der Waals surface area contributed by atoms with E-state index in [-0.39, 0.29) is 18.2 Å². The molecule has 5 nitrogen and oxygen atoms in total. The first kappa shape index (κ1) is 14.5. The fourth-order valence-corrected chi connectivity index (χ4v) is 2.35. The fraction of sp³-hybridized carbons (Fsp3) is 0.467. The Hall–Kier alpha value is -1.88. The number of carbonyl (C=O) groups excluding carboxylic acids is 1. The van der Waals surface area contributed by atoms with Gasteiger partial charge in [0.1, 0.15) is 0 Å². The zero-order valence-corrected chi connectivity index (χ0v) is 11.3. The number of benzene rings is 1. The summed E-state index contributed by atoms with van der Waals surface area (Å²) in [5.41, 5.74) is 1.60. The number of rotatable bonds is 5. The molecule has 2 rings (SSSR count). The van der Waals surface area contributed by atoms with E-state index >= 15 is 0 Å². The highest BCUT2D eigenvalue weighted by Gasteiger charge is 2.21. The molecule has 1 aliphatic rings. The summed E-state index contributed by atoms with van der Waals surface area (Å²) in [7, 11) is 0. The number of carboxylic acid groups (broad SMARTS) is 1. The van der Waals surface area contributed by atoms with Crippen molar-refractivity contribution < 1.29 is 19.4 Å². The van der Waals surface area contributed by atoms with Crippen LogP contribution in [-0.4, -0.2) is 30.2 Å². The molecule has 0 aliphatic carbocycles. The molecule has 108 valence electrons. The van der Waals surface area contributed by atoms with Gasteiger partial charge in [-0.25, -0.2) is 0 Å². The molecule has 0 unspecified atom stereocenters. The van der Waals surface area contributed by atoms with Crippen LogP contribution in [0.25, 0.3) is 0 Å². The highest BCUT2D eigenvalue weighted by molar-refractivity contribution is 5.78. The molecule has 1 amide bonds. The number of carboxylic acids is 1. The van der Waals surface area contributed by atoms with Crippen molar-refractivity contribution in [3.63, 3.8) is 0 Å². The highest BCUT2D eigenvalue weighted by atomic mass is 16.5. The second kappa shape index (κ2) is 7.05. The van der Waals surface area contributed by atoms with Gasteiger partial charge in [-0.2, -0.15) is 0 Å². The lowest BCUT2D eigenvalue weighted by molar-refractivity contribution is -0.136. The van der Waals surface area contributed by atoms with E-state index < -0.39 is 5.97 Å². The van der Waals surface area contributed by atoms with Gasteiger partial charge < -0.3 is 15.2 Å². The van der Waals surface area contributed by atoms with Crippen LogP contribution in [0.3, 0.4) is 0 Å². The molecule has 1 heterocycles. The summed E-state index contributed by atoms with van der Waals surface area (Å²) in [5, 5.41) is 11.8. The van der Waals surface area contributed by atoms with E-state index in [4.69, 9.17) is 9.84 Å². The van der Waals surface area contributed by atoms with Crippen molar-refractivity contribution in [3.05, 3.63) is 35.4 Å². The van der Waals surface area contributed by atoms with Crippen molar-refractivity contribution in [2.45, 2.75) is 25.8 Å². The molecule has 1 aromatic carbocycles. The van der Waals surface area contributed by atoms with E-state index in [0.29, 0.717) is 19.8 Å². The lowest BCUT2D eigenvalue weighted by atomic mass is 9.99. The van der Waals surface area contributed by atoms with Crippen LogP contribution in [0.2, 0.25) is 0 Å². The minimum Gasteiger partial charge on any atom is -0.481 e. The second-order valence-corrected chi connectivity index (χ2v) is 4.94. The van der Waals surface area contributed by atoms with E-state index in [1.165, 1.54) is 0 Å². The summed E-state index contributed by atoms with van der Waals surface area (Å²) >= 11 is 0. The van der Waals surface area contributed by atoms with Gasteiger partial charge in [-0.1, -0.05) is 24.3 Å². The molecule has 0 saturated carbocycles. The summed E-state index contributed by atoms with van der Waals surface area (Å²) in [5.74, 6) is -0.831. The minimum atomic E-state index is -0.867. The van der Waals surface area contributed by atoms with Crippen molar-refractivity contribution in [1.82, 2.24) is 5.32 Å². The topological polar surface area (TPSA) is 75.6 Å². The molecule has 1 aromatic rings. The van der Waals surface area contributed by atoms with Crippen molar-refractivity contribution in [2.75, 3.05) is 13.2 Å². The van der Waals surface area contributed by atoms with Gasteiger partial charge >= 0.3 is 5.97 Å². The average molecular weight is 277 g/mol. The Morgan fingerprint density at radius 2 is 1.85 bits per heavy atom.